The van der Waals surface area contributed by atoms with E-state index >= 15 is 0 Å². The topological polar surface area (TPSA) is 58.7 Å². The van der Waals surface area contributed by atoms with E-state index in [0.29, 0.717) is 12.5 Å². The van der Waals surface area contributed by atoms with Crippen LogP contribution < -0.4 is 5.73 Å². The number of benzene rings is 2. The first-order valence-electron chi connectivity index (χ1n) is 6.82. The number of hydrogen-bond acceptors (Lipinski definition) is 2. The third-order valence-electron chi connectivity index (χ3n) is 3.83. The van der Waals surface area contributed by atoms with Crippen LogP contribution in [0, 0.1) is 0 Å². The summed E-state index contributed by atoms with van der Waals surface area (Å²) in [5, 5.41) is 2.13. The molecule has 1 aliphatic carbocycles. The van der Waals surface area contributed by atoms with E-state index in [1.807, 2.05) is 49.5 Å². The van der Waals surface area contributed by atoms with Crippen LogP contribution >= 0.6 is 0 Å². The Morgan fingerprint density at radius 2 is 1.95 bits per heavy atom. The van der Waals surface area contributed by atoms with E-state index in [0.717, 1.165) is 27.5 Å². The summed E-state index contributed by atoms with van der Waals surface area (Å²) in [5.41, 5.74) is 8.37. The second kappa shape index (κ2) is 5.05. The van der Waals surface area contributed by atoms with Gasteiger partial charge in [0.2, 0.25) is 0 Å². The molecule has 106 valence electrons. The molecule has 0 saturated carbocycles. The highest BCUT2D eigenvalue weighted by molar-refractivity contribution is 6.23. The van der Waals surface area contributed by atoms with Gasteiger partial charge in [0.1, 0.15) is 0 Å². The molecule has 2 aromatic rings. The summed E-state index contributed by atoms with van der Waals surface area (Å²) in [4.78, 5) is 18.4. The minimum Gasteiger partial charge on any atom is -0.370 e. The first kappa shape index (κ1) is 13.4. The van der Waals surface area contributed by atoms with Gasteiger partial charge in [-0.2, -0.15) is 0 Å². The van der Waals surface area contributed by atoms with Gasteiger partial charge in [-0.25, -0.2) is 0 Å². The Bertz CT molecular complexity index is 784. The molecule has 21 heavy (non-hydrogen) atoms. The molecule has 0 heterocycles. The van der Waals surface area contributed by atoms with Gasteiger partial charge in [-0.1, -0.05) is 36.4 Å². The van der Waals surface area contributed by atoms with Crippen LogP contribution in [-0.2, 0) is 0 Å². The number of hydrogen-bond donors (Lipinski definition) is 1. The van der Waals surface area contributed by atoms with Crippen molar-refractivity contribution < 1.29 is 4.79 Å². The Balaban J connectivity index is 2.08. The zero-order valence-electron chi connectivity index (χ0n) is 12.1. The van der Waals surface area contributed by atoms with Gasteiger partial charge in [-0.05, 0) is 17.0 Å². The highest BCUT2D eigenvalue weighted by Gasteiger charge is 2.22. The number of Topliss-reactive ketones (excluding diaryl/α,β-unsaturated/α-hetero) is 1. The van der Waals surface area contributed by atoms with Crippen molar-refractivity contribution in [3.05, 3.63) is 53.1 Å². The Hall–Kier alpha value is -2.62. The summed E-state index contributed by atoms with van der Waals surface area (Å²) in [6.45, 7) is 0.451. The maximum absolute atomic E-state index is 12.7. The Morgan fingerprint density at radius 1 is 1.24 bits per heavy atom. The Kier molecular flexibility index (Phi) is 3.22. The molecule has 2 aromatic carbocycles. The minimum atomic E-state index is 0.0649. The van der Waals surface area contributed by atoms with Crippen molar-refractivity contribution in [1.29, 1.82) is 0 Å². The number of rotatable bonds is 2. The normalized spacial score (nSPS) is 14.3. The lowest BCUT2D eigenvalue weighted by molar-refractivity contribution is 0.103. The number of nitrogens with zero attached hydrogens (tertiary/aromatic N) is 2. The van der Waals surface area contributed by atoms with Crippen molar-refractivity contribution in [3.63, 3.8) is 0 Å². The van der Waals surface area contributed by atoms with Crippen molar-refractivity contribution in [2.24, 2.45) is 10.7 Å². The average molecular weight is 279 g/mol. The zero-order chi connectivity index (χ0) is 15.0. The second-order valence-electron chi connectivity index (χ2n) is 5.19. The molecule has 0 saturated heterocycles. The summed E-state index contributed by atoms with van der Waals surface area (Å²) in [6, 6.07) is 11.9. The molecule has 0 spiro atoms. The van der Waals surface area contributed by atoms with E-state index in [-0.39, 0.29) is 5.78 Å². The SMILES string of the molecule is C/N=C(/N)N(C)CC1=Cc2cccc3cccc(c23)C1=O. The van der Waals surface area contributed by atoms with Gasteiger partial charge in [0, 0.05) is 37.2 Å². The monoisotopic (exact) mass is 279 g/mol. The third kappa shape index (κ3) is 2.18. The lowest BCUT2D eigenvalue weighted by Crippen LogP contribution is -2.36. The third-order valence-corrected chi connectivity index (χ3v) is 3.83. The van der Waals surface area contributed by atoms with Crippen LogP contribution in [-0.4, -0.2) is 37.3 Å². The number of carbonyl (C=O) groups is 1. The first-order chi connectivity index (χ1) is 10.1. The van der Waals surface area contributed by atoms with Crippen molar-refractivity contribution in [2.75, 3.05) is 20.6 Å². The summed E-state index contributed by atoms with van der Waals surface area (Å²) < 4.78 is 0. The van der Waals surface area contributed by atoms with Gasteiger partial charge in [-0.3, -0.25) is 9.79 Å². The Labute approximate surface area is 123 Å². The highest BCUT2D eigenvalue weighted by atomic mass is 16.1. The molecule has 0 unspecified atom stereocenters. The van der Waals surface area contributed by atoms with E-state index in [2.05, 4.69) is 4.99 Å². The van der Waals surface area contributed by atoms with Crippen LogP contribution in [0.3, 0.4) is 0 Å². The molecule has 0 fully saturated rings. The Morgan fingerprint density at radius 3 is 2.67 bits per heavy atom. The smallest absolute Gasteiger partial charge is 0.191 e. The second-order valence-corrected chi connectivity index (χ2v) is 5.19. The van der Waals surface area contributed by atoms with Crippen molar-refractivity contribution in [2.45, 2.75) is 0 Å². The molecule has 0 aromatic heterocycles. The number of aliphatic imine (C=N–C) groups is 1. The molecule has 0 radical (unpaired) electrons. The van der Waals surface area contributed by atoms with Crippen LogP contribution in [0.1, 0.15) is 15.9 Å². The lowest BCUT2D eigenvalue weighted by atomic mass is 9.88. The van der Waals surface area contributed by atoms with E-state index in [1.54, 1.807) is 11.9 Å². The van der Waals surface area contributed by atoms with Crippen LogP contribution in [0.25, 0.3) is 16.8 Å². The zero-order valence-corrected chi connectivity index (χ0v) is 12.1. The predicted molar refractivity (Wildman–Crippen MR) is 86.4 cm³/mol. The van der Waals surface area contributed by atoms with Crippen LogP contribution in [0.2, 0.25) is 0 Å². The molecule has 0 amide bonds. The van der Waals surface area contributed by atoms with E-state index in [4.69, 9.17) is 5.73 Å². The van der Waals surface area contributed by atoms with Gasteiger partial charge in [0.05, 0.1) is 0 Å². The summed E-state index contributed by atoms with van der Waals surface area (Å²) >= 11 is 0. The molecule has 1 aliphatic rings. The fraction of sp³-hybridized carbons (Fsp3) is 0.176. The fourth-order valence-corrected chi connectivity index (χ4v) is 2.73. The van der Waals surface area contributed by atoms with Crippen LogP contribution in [0.5, 0.6) is 0 Å². The molecule has 0 atom stereocenters. The summed E-state index contributed by atoms with van der Waals surface area (Å²) in [7, 11) is 3.47. The number of nitrogens with two attached hydrogens (primary N) is 1. The highest BCUT2D eigenvalue weighted by Crippen LogP contribution is 2.31. The largest absolute Gasteiger partial charge is 0.370 e. The summed E-state index contributed by atoms with van der Waals surface area (Å²) in [6.07, 6.45) is 1.96. The van der Waals surface area contributed by atoms with Crippen molar-refractivity contribution in [1.82, 2.24) is 4.90 Å². The number of carbonyl (C=O) groups excluding carboxylic acids is 1. The van der Waals surface area contributed by atoms with Crippen LogP contribution in [0.4, 0.5) is 0 Å². The van der Waals surface area contributed by atoms with Gasteiger partial charge < -0.3 is 10.6 Å². The number of ketones is 1. The van der Waals surface area contributed by atoms with Crippen molar-refractivity contribution >= 4 is 28.6 Å². The number of likely N-dealkylation sites (N-methyl/N-ethyl adjacent to an activating group) is 1. The predicted octanol–water partition coefficient (Wildman–Crippen LogP) is 2.30. The van der Waals surface area contributed by atoms with Gasteiger partial charge in [0.25, 0.3) is 0 Å². The maximum Gasteiger partial charge on any atom is 0.191 e. The maximum atomic E-state index is 12.7. The average Bonchev–Trinajstić information content (AvgIpc) is 2.51. The van der Waals surface area contributed by atoms with E-state index < -0.39 is 0 Å². The molecule has 0 aliphatic heterocycles. The molecular weight excluding hydrogens is 262 g/mol. The molecule has 0 bridgehead atoms. The molecular formula is C17H17N3O. The van der Waals surface area contributed by atoms with Crippen molar-refractivity contribution in [3.8, 4) is 0 Å². The number of guanidine groups is 1. The van der Waals surface area contributed by atoms with Crippen LogP contribution in [0.15, 0.2) is 47.0 Å². The summed E-state index contributed by atoms with van der Waals surface area (Å²) in [5.74, 6) is 0.482. The minimum absolute atomic E-state index is 0.0649. The molecule has 4 heteroatoms. The van der Waals surface area contributed by atoms with Gasteiger partial charge >= 0.3 is 0 Å². The fourth-order valence-electron chi connectivity index (χ4n) is 2.73. The van der Waals surface area contributed by atoms with E-state index in [1.165, 1.54) is 0 Å². The molecule has 3 rings (SSSR count). The quantitative estimate of drug-likeness (QED) is 0.678. The van der Waals surface area contributed by atoms with E-state index in [9.17, 15) is 4.79 Å². The first-order valence-corrected chi connectivity index (χ1v) is 6.82. The van der Waals surface area contributed by atoms with Gasteiger partial charge in [-0.15, -0.1) is 0 Å². The molecule has 2 N–H and O–H groups in total. The lowest BCUT2D eigenvalue weighted by Gasteiger charge is -2.22. The van der Waals surface area contributed by atoms with Gasteiger partial charge in [0.15, 0.2) is 11.7 Å². The molecule has 4 nitrogen and oxygen atoms in total. The standard InChI is InChI=1S/C17H17N3O/c1-19-17(18)20(2)10-13-9-12-7-3-5-11-6-4-8-14(15(11)12)16(13)21/h3-9H,10H2,1-2H3,(H2,18,19).